The highest BCUT2D eigenvalue weighted by Gasteiger charge is 2.33. The Bertz CT molecular complexity index is 1380. The first-order valence-corrected chi connectivity index (χ1v) is 10.4. The number of benzene rings is 2. The number of nitrogen functional groups attached to an aromatic ring is 1. The molecule has 0 spiro atoms. The van der Waals surface area contributed by atoms with Gasteiger partial charge < -0.3 is 20.0 Å². The van der Waals surface area contributed by atoms with Gasteiger partial charge in [0.25, 0.3) is 0 Å². The molecule has 9 heteroatoms. The van der Waals surface area contributed by atoms with Crippen LogP contribution in [-0.2, 0) is 24.4 Å². The van der Waals surface area contributed by atoms with Gasteiger partial charge in [0.2, 0.25) is 0 Å². The van der Waals surface area contributed by atoms with E-state index >= 15 is 0 Å². The molecule has 6 nitrogen and oxygen atoms in total. The summed E-state index contributed by atoms with van der Waals surface area (Å²) in [6, 6.07) is 10.00. The van der Waals surface area contributed by atoms with Crippen LogP contribution in [-0.4, -0.2) is 27.4 Å². The van der Waals surface area contributed by atoms with Gasteiger partial charge in [0.1, 0.15) is 30.1 Å². The van der Waals surface area contributed by atoms with E-state index in [2.05, 4.69) is 9.97 Å². The van der Waals surface area contributed by atoms with Crippen LogP contribution in [0.2, 0.25) is 0 Å². The summed E-state index contributed by atoms with van der Waals surface area (Å²) in [4.78, 5) is 22.3. The lowest BCUT2D eigenvalue weighted by Gasteiger charge is -2.27. The van der Waals surface area contributed by atoms with Crippen molar-refractivity contribution in [3.63, 3.8) is 0 Å². The lowest BCUT2D eigenvalue weighted by molar-refractivity contribution is -0.137. The van der Waals surface area contributed by atoms with Crippen molar-refractivity contribution >= 4 is 28.8 Å². The molecule has 1 aliphatic heterocycles. The number of anilines is 2. The van der Waals surface area contributed by atoms with Gasteiger partial charge in [0, 0.05) is 31.0 Å². The maximum Gasteiger partial charge on any atom is 0.416 e. The Labute approximate surface area is 187 Å². The third kappa shape index (κ3) is 3.49. The molecule has 33 heavy (non-hydrogen) atoms. The van der Waals surface area contributed by atoms with E-state index in [9.17, 15) is 18.0 Å². The first-order valence-electron chi connectivity index (χ1n) is 10.4. The van der Waals surface area contributed by atoms with Crippen molar-refractivity contribution in [2.24, 2.45) is 7.05 Å². The second-order valence-electron chi connectivity index (χ2n) is 8.10. The smallest absolute Gasteiger partial charge is 0.383 e. The maximum atomic E-state index is 13.2. The number of alkyl halides is 3. The zero-order valence-electron chi connectivity index (χ0n) is 17.7. The number of aromatic nitrogens is 3. The molecule has 0 saturated heterocycles. The van der Waals surface area contributed by atoms with Crippen LogP contribution in [0.5, 0.6) is 0 Å². The van der Waals surface area contributed by atoms with Crippen LogP contribution in [0.15, 0.2) is 55.0 Å². The Hall–Kier alpha value is -3.88. The van der Waals surface area contributed by atoms with Crippen LogP contribution >= 0.6 is 0 Å². The third-order valence-corrected chi connectivity index (χ3v) is 6.12. The van der Waals surface area contributed by atoms with Crippen LogP contribution in [0.4, 0.5) is 24.7 Å². The third-order valence-electron chi connectivity index (χ3n) is 6.12. The van der Waals surface area contributed by atoms with Gasteiger partial charge in [0.05, 0.1) is 10.9 Å². The SMILES string of the molecule is Cn1cc(-c2ccc3c(c2)CCN3[C@H](C=O)c2cccc(C(F)(F)F)c2)c2c(N)ncnc21. The summed E-state index contributed by atoms with van der Waals surface area (Å²) in [6.07, 6.45) is 0.270. The molecule has 168 valence electrons. The number of carbonyl (C=O) groups excluding carboxylic acids is 1. The van der Waals surface area contributed by atoms with Crippen molar-refractivity contribution in [1.82, 2.24) is 14.5 Å². The molecular formula is C24H20F3N5O. The van der Waals surface area contributed by atoms with Gasteiger partial charge in [-0.05, 0) is 47.4 Å². The minimum atomic E-state index is -4.47. The van der Waals surface area contributed by atoms with Gasteiger partial charge in [-0.2, -0.15) is 13.2 Å². The standard InChI is InChI=1S/C24H20F3N5O/c1-31-11-18(21-22(28)29-13-30-23(21)31)14-5-6-19-16(9-14)7-8-32(19)20(12-33)15-3-2-4-17(10-15)24(25,26)27/h2-6,9-13,20H,7-8H2,1H3,(H2,28,29,30)/t20-/m1/s1. The summed E-state index contributed by atoms with van der Waals surface area (Å²) in [5.74, 6) is 0.392. The van der Waals surface area contributed by atoms with Crippen molar-refractivity contribution < 1.29 is 18.0 Å². The molecule has 1 aliphatic rings. The Balaban J connectivity index is 1.53. The van der Waals surface area contributed by atoms with E-state index < -0.39 is 17.8 Å². The fraction of sp³-hybridized carbons (Fsp3) is 0.208. The van der Waals surface area contributed by atoms with Gasteiger partial charge in [0.15, 0.2) is 0 Å². The van der Waals surface area contributed by atoms with Crippen LogP contribution in [0.25, 0.3) is 22.2 Å². The second-order valence-corrected chi connectivity index (χ2v) is 8.10. The van der Waals surface area contributed by atoms with E-state index in [1.54, 1.807) is 6.07 Å². The van der Waals surface area contributed by atoms with E-state index in [0.717, 1.165) is 45.5 Å². The summed E-state index contributed by atoms with van der Waals surface area (Å²) in [7, 11) is 1.89. The lowest BCUT2D eigenvalue weighted by Crippen LogP contribution is -2.28. The Morgan fingerprint density at radius 2 is 1.97 bits per heavy atom. The topological polar surface area (TPSA) is 77.0 Å². The molecule has 5 rings (SSSR count). The highest BCUT2D eigenvalue weighted by atomic mass is 19.4. The molecule has 0 unspecified atom stereocenters. The first kappa shape index (κ1) is 21.0. The molecule has 4 aromatic rings. The quantitative estimate of drug-likeness (QED) is 0.461. The first-order chi connectivity index (χ1) is 15.8. The van der Waals surface area contributed by atoms with E-state index in [1.165, 1.54) is 12.4 Å². The summed E-state index contributed by atoms with van der Waals surface area (Å²) in [5.41, 5.74) is 10.1. The molecule has 0 amide bonds. The molecule has 1 atom stereocenters. The molecule has 0 fully saturated rings. The molecule has 2 aromatic heterocycles. The predicted molar refractivity (Wildman–Crippen MR) is 120 cm³/mol. The number of rotatable bonds is 4. The van der Waals surface area contributed by atoms with E-state index in [0.29, 0.717) is 30.6 Å². The van der Waals surface area contributed by atoms with E-state index in [-0.39, 0.29) is 0 Å². The van der Waals surface area contributed by atoms with Gasteiger partial charge in [-0.15, -0.1) is 0 Å². The van der Waals surface area contributed by atoms with Crippen molar-refractivity contribution in [1.29, 1.82) is 0 Å². The van der Waals surface area contributed by atoms with Gasteiger partial charge in [-0.25, -0.2) is 9.97 Å². The molecule has 0 aliphatic carbocycles. The minimum absolute atomic E-state index is 0.315. The molecule has 0 radical (unpaired) electrons. The van der Waals surface area contributed by atoms with Gasteiger partial charge in [-0.3, -0.25) is 0 Å². The fourth-order valence-electron chi connectivity index (χ4n) is 4.57. The van der Waals surface area contributed by atoms with Crippen LogP contribution in [0.1, 0.15) is 22.7 Å². The lowest BCUT2D eigenvalue weighted by atomic mass is 10.0. The number of hydrogen-bond acceptors (Lipinski definition) is 5. The summed E-state index contributed by atoms with van der Waals surface area (Å²) in [5, 5.41) is 0.768. The number of fused-ring (bicyclic) bond motifs is 2. The summed E-state index contributed by atoms with van der Waals surface area (Å²) in [6.45, 7) is 0.527. The van der Waals surface area contributed by atoms with Crippen LogP contribution < -0.4 is 10.6 Å². The maximum absolute atomic E-state index is 13.2. The predicted octanol–water partition coefficient (Wildman–Crippen LogP) is 4.54. The molecule has 0 bridgehead atoms. The van der Waals surface area contributed by atoms with E-state index in [4.69, 9.17) is 5.73 Å². The van der Waals surface area contributed by atoms with Crippen LogP contribution in [0.3, 0.4) is 0 Å². The number of carbonyl (C=O) groups is 1. The second kappa shape index (κ2) is 7.61. The number of aryl methyl sites for hydroxylation is 1. The fourth-order valence-corrected chi connectivity index (χ4v) is 4.57. The summed E-state index contributed by atoms with van der Waals surface area (Å²) >= 11 is 0. The van der Waals surface area contributed by atoms with Crippen molar-refractivity contribution in [3.8, 4) is 11.1 Å². The zero-order valence-corrected chi connectivity index (χ0v) is 17.7. The number of halogens is 3. The zero-order chi connectivity index (χ0) is 23.3. The minimum Gasteiger partial charge on any atom is -0.383 e. The van der Waals surface area contributed by atoms with Crippen LogP contribution in [0, 0.1) is 0 Å². The Morgan fingerprint density at radius 3 is 2.73 bits per heavy atom. The molecule has 2 aromatic carbocycles. The van der Waals surface area contributed by atoms with E-state index in [1.807, 2.05) is 40.9 Å². The molecular weight excluding hydrogens is 431 g/mol. The number of nitrogens with two attached hydrogens (primary N) is 1. The van der Waals surface area contributed by atoms with Crippen molar-refractivity contribution in [2.45, 2.75) is 18.6 Å². The monoisotopic (exact) mass is 451 g/mol. The number of nitrogens with zero attached hydrogens (tertiary/aromatic N) is 4. The average Bonchev–Trinajstić information content (AvgIpc) is 3.36. The van der Waals surface area contributed by atoms with Crippen molar-refractivity contribution in [2.75, 3.05) is 17.2 Å². The number of aldehydes is 1. The van der Waals surface area contributed by atoms with Crippen molar-refractivity contribution in [3.05, 3.63) is 71.7 Å². The average molecular weight is 451 g/mol. The van der Waals surface area contributed by atoms with Gasteiger partial charge >= 0.3 is 6.18 Å². The normalized spacial score (nSPS) is 14.5. The highest BCUT2D eigenvalue weighted by Crippen LogP contribution is 2.40. The largest absolute Gasteiger partial charge is 0.416 e. The molecule has 3 heterocycles. The number of hydrogen-bond donors (Lipinski definition) is 1. The summed E-state index contributed by atoms with van der Waals surface area (Å²) < 4.78 is 41.4. The molecule has 0 saturated carbocycles. The highest BCUT2D eigenvalue weighted by molar-refractivity contribution is 6.00. The Kier molecular flexibility index (Phi) is 4.84. The molecule has 2 N–H and O–H groups in total. The Morgan fingerprint density at radius 1 is 1.15 bits per heavy atom. The van der Waals surface area contributed by atoms with Gasteiger partial charge in [-0.1, -0.05) is 18.2 Å².